The SMILES string of the molecule is CC(C)(C)OC(=O)/C=C/c1ccccc1-c1ccccc1. The van der Waals surface area contributed by atoms with Gasteiger partial charge >= 0.3 is 5.97 Å². The first kappa shape index (κ1) is 15.0. The maximum Gasteiger partial charge on any atom is 0.331 e. The molecule has 0 aliphatic carbocycles. The Morgan fingerprint density at radius 3 is 2.24 bits per heavy atom. The standard InChI is InChI=1S/C19H20O2/c1-19(2,3)21-18(20)14-13-16-11-7-8-12-17(16)15-9-5-4-6-10-15/h4-14H,1-3H3/b14-13+. The van der Waals surface area contributed by atoms with Crippen LogP contribution in [0.25, 0.3) is 17.2 Å². The zero-order valence-corrected chi connectivity index (χ0v) is 12.7. The Morgan fingerprint density at radius 1 is 0.952 bits per heavy atom. The lowest BCUT2D eigenvalue weighted by atomic mass is 9.99. The molecular weight excluding hydrogens is 260 g/mol. The van der Waals surface area contributed by atoms with E-state index in [1.165, 1.54) is 6.08 Å². The lowest BCUT2D eigenvalue weighted by molar-refractivity contribution is -0.148. The second kappa shape index (κ2) is 6.40. The first-order chi connectivity index (χ1) is 9.96. The van der Waals surface area contributed by atoms with Crippen molar-refractivity contribution in [3.63, 3.8) is 0 Å². The van der Waals surface area contributed by atoms with Crippen LogP contribution in [0.5, 0.6) is 0 Å². The molecule has 0 spiro atoms. The molecular formula is C19H20O2. The summed E-state index contributed by atoms with van der Waals surface area (Å²) in [6.45, 7) is 5.57. The quantitative estimate of drug-likeness (QED) is 0.601. The maximum atomic E-state index is 11.8. The lowest BCUT2D eigenvalue weighted by Gasteiger charge is -2.18. The van der Waals surface area contributed by atoms with Gasteiger partial charge < -0.3 is 4.74 Å². The fourth-order valence-electron chi connectivity index (χ4n) is 2.02. The summed E-state index contributed by atoms with van der Waals surface area (Å²) in [6.07, 6.45) is 3.28. The zero-order valence-electron chi connectivity index (χ0n) is 12.7. The fraction of sp³-hybridized carbons (Fsp3) is 0.211. The summed E-state index contributed by atoms with van der Waals surface area (Å²) in [5, 5.41) is 0. The van der Waals surface area contributed by atoms with Crippen molar-refractivity contribution in [1.29, 1.82) is 0 Å². The van der Waals surface area contributed by atoms with E-state index in [4.69, 9.17) is 4.74 Å². The topological polar surface area (TPSA) is 26.3 Å². The second-order valence-corrected chi connectivity index (χ2v) is 5.82. The third kappa shape index (κ3) is 4.60. The Morgan fingerprint density at radius 2 is 1.57 bits per heavy atom. The van der Waals surface area contributed by atoms with Crippen molar-refractivity contribution in [3.8, 4) is 11.1 Å². The van der Waals surface area contributed by atoms with E-state index in [0.29, 0.717) is 0 Å². The molecule has 0 radical (unpaired) electrons. The van der Waals surface area contributed by atoms with Gasteiger partial charge in [0.25, 0.3) is 0 Å². The molecule has 2 aromatic carbocycles. The van der Waals surface area contributed by atoms with Gasteiger partial charge in [-0.05, 0) is 43.5 Å². The Hall–Kier alpha value is -2.35. The molecule has 0 amide bonds. The Labute approximate surface area is 126 Å². The lowest BCUT2D eigenvalue weighted by Crippen LogP contribution is -2.22. The average Bonchev–Trinajstić information content (AvgIpc) is 2.45. The van der Waals surface area contributed by atoms with Gasteiger partial charge in [-0.25, -0.2) is 4.79 Å². The molecule has 21 heavy (non-hydrogen) atoms. The summed E-state index contributed by atoms with van der Waals surface area (Å²) in [5.74, 6) is -0.328. The number of carbonyl (C=O) groups is 1. The number of ether oxygens (including phenoxy) is 1. The van der Waals surface area contributed by atoms with Crippen LogP contribution in [0.2, 0.25) is 0 Å². The Kier molecular flexibility index (Phi) is 4.59. The van der Waals surface area contributed by atoms with Crippen LogP contribution in [0, 0.1) is 0 Å². The molecule has 0 aliphatic rings. The van der Waals surface area contributed by atoms with Gasteiger partial charge in [0.15, 0.2) is 0 Å². The minimum absolute atomic E-state index is 0.328. The summed E-state index contributed by atoms with van der Waals surface area (Å²) in [4.78, 5) is 11.8. The van der Waals surface area contributed by atoms with E-state index in [2.05, 4.69) is 12.1 Å². The van der Waals surface area contributed by atoms with Crippen molar-refractivity contribution in [2.24, 2.45) is 0 Å². The Balaban J connectivity index is 2.24. The molecule has 0 saturated carbocycles. The molecule has 0 atom stereocenters. The third-order valence-electron chi connectivity index (χ3n) is 2.85. The first-order valence-corrected chi connectivity index (χ1v) is 7.01. The molecule has 0 heterocycles. The minimum Gasteiger partial charge on any atom is -0.457 e. The van der Waals surface area contributed by atoms with E-state index in [1.54, 1.807) is 6.08 Å². The van der Waals surface area contributed by atoms with Crippen molar-refractivity contribution in [2.45, 2.75) is 26.4 Å². The molecule has 2 heteroatoms. The summed E-state index contributed by atoms with van der Waals surface area (Å²) >= 11 is 0. The van der Waals surface area contributed by atoms with Crippen LogP contribution in [-0.4, -0.2) is 11.6 Å². The minimum atomic E-state index is -0.472. The molecule has 2 aromatic rings. The van der Waals surface area contributed by atoms with E-state index >= 15 is 0 Å². The number of rotatable bonds is 3. The van der Waals surface area contributed by atoms with Crippen LogP contribution in [0.15, 0.2) is 60.7 Å². The third-order valence-corrected chi connectivity index (χ3v) is 2.85. The van der Waals surface area contributed by atoms with Crippen molar-refractivity contribution in [2.75, 3.05) is 0 Å². The van der Waals surface area contributed by atoms with Crippen LogP contribution in [0.3, 0.4) is 0 Å². The highest BCUT2D eigenvalue weighted by Crippen LogP contribution is 2.24. The summed E-state index contributed by atoms with van der Waals surface area (Å²) in [7, 11) is 0. The Bertz CT molecular complexity index is 634. The maximum absolute atomic E-state index is 11.8. The highest BCUT2D eigenvalue weighted by Gasteiger charge is 2.14. The second-order valence-electron chi connectivity index (χ2n) is 5.82. The van der Waals surface area contributed by atoms with Gasteiger partial charge in [0, 0.05) is 6.08 Å². The van der Waals surface area contributed by atoms with Gasteiger partial charge in [0.05, 0.1) is 0 Å². The summed E-state index contributed by atoms with van der Waals surface area (Å²) in [6, 6.07) is 18.1. The predicted molar refractivity (Wildman–Crippen MR) is 86.8 cm³/mol. The van der Waals surface area contributed by atoms with Crippen LogP contribution in [0.1, 0.15) is 26.3 Å². The van der Waals surface area contributed by atoms with E-state index in [9.17, 15) is 4.79 Å². The highest BCUT2D eigenvalue weighted by molar-refractivity contribution is 5.89. The number of hydrogen-bond acceptors (Lipinski definition) is 2. The molecule has 0 fully saturated rings. The smallest absolute Gasteiger partial charge is 0.331 e. The van der Waals surface area contributed by atoms with Gasteiger partial charge in [-0.3, -0.25) is 0 Å². The zero-order chi connectivity index (χ0) is 15.3. The van der Waals surface area contributed by atoms with Gasteiger partial charge in [-0.2, -0.15) is 0 Å². The van der Waals surface area contributed by atoms with Crippen molar-refractivity contribution in [1.82, 2.24) is 0 Å². The van der Waals surface area contributed by atoms with Gasteiger partial charge in [-0.15, -0.1) is 0 Å². The number of carbonyl (C=O) groups excluding carboxylic acids is 1. The van der Waals surface area contributed by atoms with Gasteiger partial charge in [0.2, 0.25) is 0 Å². The molecule has 108 valence electrons. The molecule has 0 aliphatic heterocycles. The largest absolute Gasteiger partial charge is 0.457 e. The van der Waals surface area contributed by atoms with Crippen LogP contribution >= 0.6 is 0 Å². The first-order valence-electron chi connectivity index (χ1n) is 7.01. The van der Waals surface area contributed by atoms with E-state index in [1.807, 2.05) is 63.2 Å². The normalized spacial score (nSPS) is 11.6. The van der Waals surface area contributed by atoms with Crippen LogP contribution in [-0.2, 0) is 9.53 Å². The molecule has 0 unspecified atom stereocenters. The highest BCUT2D eigenvalue weighted by atomic mass is 16.6. The van der Waals surface area contributed by atoms with Crippen molar-refractivity contribution in [3.05, 3.63) is 66.2 Å². The molecule has 0 aromatic heterocycles. The number of hydrogen-bond donors (Lipinski definition) is 0. The molecule has 0 saturated heterocycles. The van der Waals surface area contributed by atoms with Crippen LogP contribution < -0.4 is 0 Å². The molecule has 0 N–H and O–H groups in total. The molecule has 0 bridgehead atoms. The number of esters is 1. The van der Waals surface area contributed by atoms with Crippen LogP contribution in [0.4, 0.5) is 0 Å². The predicted octanol–water partition coefficient (Wildman–Crippen LogP) is 4.71. The van der Waals surface area contributed by atoms with Crippen molar-refractivity contribution >= 4 is 12.0 Å². The van der Waals surface area contributed by atoms with Crippen molar-refractivity contribution < 1.29 is 9.53 Å². The van der Waals surface area contributed by atoms with E-state index in [0.717, 1.165) is 16.7 Å². The molecule has 2 nitrogen and oxygen atoms in total. The van der Waals surface area contributed by atoms with E-state index < -0.39 is 5.60 Å². The van der Waals surface area contributed by atoms with Gasteiger partial charge in [0.1, 0.15) is 5.60 Å². The summed E-state index contributed by atoms with van der Waals surface area (Å²) < 4.78 is 5.28. The molecule has 2 rings (SSSR count). The number of benzene rings is 2. The summed E-state index contributed by atoms with van der Waals surface area (Å²) in [5.41, 5.74) is 2.75. The van der Waals surface area contributed by atoms with Gasteiger partial charge in [-0.1, -0.05) is 54.6 Å². The van der Waals surface area contributed by atoms with E-state index in [-0.39, 0.29) is 5.97 Å². The monoisotopic (exact) mass is 280 g/mol. The average molecular weight is 280 g/mol. The fourth-order valence-corrected chi connectivity index (χ4v) is 2.02.